The van der Waals surface area contributed by atoms with Crippen molar-refractivity contribution in [2.45, 2.75) is 13.8 Å². The van der Waals surface area contributed by atoms with Crippen molar-refractivity contribution in [3.63, 3.8) is 0 Å². The zero-order valence-corrected chi connectivity index (χ0v) is 16.2. The van der Waals surface area contributed by atoms with E-state index in [9.17, 15) is 9.18 Å². The molecule has 4 rings (SSSR count). The number of amides is 1. The van der Waals surface area contributed by atoms with Crippen LogP contribution in [0.1, 0.15) is 20.9 Å². The van der Waals surface area contributed by atoms with Crippen molar-refractivity contribution >= 4 is 44.7 Å². The smallest absolute Gasteiger partial charge is 0.265 e. The molecule has 0 aliphatic rings. The Morgan fingerprint density at radius 2 is 1.89 bits per heavy atom. The van der Waals surface area contributed by atoms with Crippen LogP contribution in [0.25, 0.3) is 15.9 Å². The van der Waals surface area contributed by atoms with E-state index in [2.05, 4.69) is 10.4 Å². The first-order valence-electron chi connectivity index (χ1n) is 8.25. The van der Waals surface area contributed by atoms with Crippen molar-refractivity contribution in [2.75, 3.05) is 5.32 Å². The maximum absolute atomic E-state index is 13.2. The minimum atomic E-state index is -0.305. The Kier molecular flexibility index (Phi) is 4.45. The summed E-state index contributed by atoms with van der Waals surface area (Å²) in [5.41, 5.74) is 3.14. The van der Waals surface area contributed by atoms with Gasteiger partial charge in [0, 0.05) is 5.39 Å². The summed E-state index contributed by atoms with van der Waals surface area (Å²) in [6.45, 7) is 3.82. The van der Waals surface area contributed by atoms with Gasteiger partial charge in [-0.1, -0.05) is 17.7 Å². The molecule has 7 heteroatoms. The van der Waals surface area contributed by atoms with Gasteiger partial charge in [-0.3, -0.25) is 4.79 Å². The minimum absolute atomic E-state index is 0.230. The summed E-state index contributed by atoms with van der Waals surface area (Å²) in [6.07, 6.45) is 0. The van der Waals surface area contributed by atoms with Gasteiger partial charge in [0.1, 0.15) is 10.6 Å². The van der Waals surface area contributed by atoms with Gasteiger partial charge in [-0.15, -0.1) is 11.3 Å². The van der Waals surface area contributed by atoms with Crippen LogP contribution in [0.15, 0.2) is 48.5 Å². The molecule has 4 nitrogen and oxygen atoms in total. The molecule has 1 N–H and O–H groups in total. The molecular formula is C20H15ClFN3OS. The van der Waals surface area contributed by atoms with Crippen LogP contribution >= 0.6 is 22.9 Å². The number of hydrogen-bond donors (Lipinski definition) is 1. The summed E-state index contributed by atoms with van der Waals surface area (Å²) in [5, 5.41) is 8.75. The number of anilines is 1. The predicted molar refractivity (Wildman–Crippen MR) is 108 cm³/mol. The third kappa shape index (κ3) is 3.34. The number of benzene rings is 2. The van der Waals surface area contributed by atoms with Crippen LogP contribution in [0.4, 0.5) is 10.1 Å². The maximum atomic E-state index is 13.2. The van der Waals surface area contributed by atoms with E-state index in [0.29, 0.717) is 15.6 Å². The van der Waals surface area contributed by atoms with Gasteiger partial charge in [-0.2, -0.15) is 5.10 Å². The summed E-state index contributed by atoms with van der Waals surface area (Å²) in [7, 11) is 0. The first-order chi connectivity index (χ1) is 12.9. The Labute approximate surface area is 164 Å². The maximum Gasteiger partial charge on any atom is 0.265 e. The SMILES string of the molecule is Cc1ccc(NC(=O)c2cc3c(C)nn(-c4ccc(F)cc4)c3s2)c(Cl)c1. The molecule has 0 radical (unpaired) electrons. The van der Waals surface area contributed by atoms with E-state index in [4.69, 9.17) is 11.6 Å². The van der Waals surface area contributed by atoms with Crippen LogP contribution in [0.2, 0.25) is 5.02 Å². The van der Waals surface area contributed by atoms with Crippen molar-refractivity contribution in [1.29, 1.82) is 0 Å². The summed E-state index contributed by atoms with van der Waals surface area (Å²) >= 11 is 7.54. The highest BCUT2D eigenvalue weighted by Crippen LogP contribution is 2.31. The fourth-order valence-electron chi connectivity index (χ4n) is 2.82. The van der Waals surface area contributed by atoms with Gasteiger partial charge in [0.25, 0.3) is 5.91 Å². The van der Waals surface area contributed by atoms with E-state index in [1.807, 2.05) is 26.0 Å². The molecule has 0 fully saturated rings. The average molecular weight is 400 g/mol. The van der Waals surface area contributed by atoms with Crippen molar-refractivity contribution in [1.82, 2.24) is 9.78 Å². The fourth-order valence-corrected chi connectivity index (χ4v) is 4.18. The van der Waals surface area contributed by atoms with Gasteiger partial charge in [-0.05, 0) is 61.9 Å². The number of carbonyl (C=O) groups excluding carboxylic acids is 1. The summed E-state index contributed by atoms with van der Waals surface area (Å²) in [4.78, 5) is 14.1. The second-order valence-electron chi connectivity index (χ2n) is 6.24. The quantitative estimate of drug-likeness (QED) is 0.477. The Morgan fingerprint density at radius 3 is 2.59 bits per heavy atom. The highest BCUT2D eigenvalue weighted by atomic mass is 35.5. The van der Waals surface area contributed by atoms with Gasteiger partial charge in [-0.25, -0.2) is 9.07 Å². The molecule has 2 aromatic heterocycles. The second kappa shape index (κ2) is 6.79. The molecule has 0 spiro atoms. The topological polar surface area (TPSA) is 46.9 Å². The van der Waals surface area contributed by atoms with E-state index >= 15 is 0 Å². The number of aromatic nitrogens is 2. The number of nitrogens with one attached hydrogen (secondary N) is 1. The Balaban J connectivity index is 1.70. The summed E-state index contributed by atoms with van der Waals surface area (Å²) < 4.78 is 14.9. The Morgan fingerprint density at radius 1 is 1.15 bits per heavy atom. The lowest BCUT2D eigenvalue weighted by Crippen LogP contribution is -2.10. The van der Waals surface area contributed by atoms with Crippen LogP contribution in [-0.2, 0) is 0 Å². The van der Waals surface area contributed by atoms with Crippen molar-refractivity contribution in [2.24, 2.45) is 0 Å². The van der Waals surface area contributed by atoms with E-state index in [-0.39, 0.29) is 11.7 Å². The van der Waals surface area contributed by atoms with Gasteiger partial charge in [0.2, 0.25) is 0 Å². The average Bonchev–Trinajstić information content (AvgIpc) is 3.19. The van der Waals surface area contributed by atoms with Crippen LogP contribution in [0, 0.1) is 19.7 Å². The molecule has 0 aliphatic heterocycles. The molecule has 0 aliphatic carbocycles. The number of aryl methyl sites for hydroxylation is 2. The van der Waals surface area contributed by atoms with Gasteiger partial charge in [0.05, 0.1) is 27.0 Å². The molecule has 0 unspecified atom stereocenters. The van der Waals surface area contributed by atoms with E-state index in [1.165, 1.54) is 23.5 Å². The number of carbonyl (C=O) groups is 1. The molecule has 2 heterocycles. The second-order valence-corrected chi connectivity index (χ2v) is 7.68. The minimum Gasteiger partial charge on any atom is -0.320 e. The third-order valence-electron chi connectivity index (χ3n) is 4.21. The number of halogens is 2. The number of fused-ring (bicyclic) bond motifs is 1. The Hall–Kier alpha value is -2.70. The molecule has 27 heavy (non-hydrogen) atoms. The zero-order chi connectivity index (χ0) is 19.1. The van der Waals surface area contributed by atoms with Crippen LogP contribution in [0.3, 0.4) is 0 Å². The third-order valence-corrected chi connectivity index (χ3v) is 5.63. The van der Waals surface area contributed by atoms with E-state index < -0.39 is 0 Å². The molecule has 4 aromatic rings. The summed E-state index contributed by atoms with van der Waals surface area (Å²) in [6, 6.07) is 13.4. The first kappa shape index (κ1) is 17.7. The molecule has 2 aromatic carbocycles. The summed E-state index contributed by atoms with van der Waals surface area (Å²) in [5.74, 6) is -0.535. The lowest BCUT2D eigenvalue weighted by molar-refractivity contribution is 0.103. The predicted octanol–water partition coefficient (Wildman–Crippen LogP) is 5.75. The molecule has 0 saturated heterocycles. The molecule has 136 valence electrons. The molecule has 0 saturated carbocycles. The van der Waals surface area contributed by atoms with Crippen LogP contribution in [0.5, 0.6) is 0 Å². The van der Waals surface area contributed by atoms with Crippen molar-refractivity contribution < 1.29 is 9.18 Å². The van der Waals surface area contributed by atoms with Gasteiger partial charge < -0.3 is 5.32 Å². The van der Waals surface area contributed by atoms with E-state index in [0.717, 1.165) is 27.2 Å². The normalized spacial score (nSPS) is 11.1. The van der Waals surface area contributed by atoms with Crippen LogP contribution in [-0.4, -0.2) is 15.7 Å². The molecule has 0 bridgehead atoms. The van der Waals surface area contributed by atoms with E-state index in [1.54, 1.807) is 28.9 Å². The highest BCUT2D eigenvalue weighted by Gasteiger charge is 2.18. The van der Waals surface area contributed by atoms with Gasteiger partial charge >= 0.3 is 0 Å². The number of rotatable bonds is 3. The highest BCUT2D eigenvalue weighted by molar-refractivity contribution is 7.20. The standard InChI is InChI=1S/C20H15ClFN3OS/c1-11-3-8-17(16(21)9-11)23-19(26)18-10-15-12(2)24-25(20(15)27-18)14-6-4-13(22)5-7-14/h3-10H,1-2H3,(H,23,26). The number of nitrogens with zero attached hydrogens (tertiary/aromatic N) is 2. The fraction of sp³-hybridized carbons (Fsp3) is 0.100. The molecule has 1 amide bonds. The van der Waals surface area contributed by atoms with Crippen LogP contribution < -0.4 is 5.32 Å². The molecular weight excluding hydrogens is 385 g/mol. The first-order valence-corrected chi connectivity index (χ1v) is 9.44. The lowest BCUT2D eigenvalue weighted by atomic mass is 10.2. The van der Waals surface area contributed by atoms with Crippen molar-refractivity contribution in [3.05, 3.63) is 75.5 Å². The Bertz CT molecular complexity index is 1160. The number of hydrogen-bond acceptors (Lipinski definition) is 3. The van der Waals surface area contributed by atoms with Gasteiger partial charge in [0.15, 0.2) is 0 Å². The van der Waals surface area contributed by atoms with Crippen molar-refractivity contribution in [3.8, 4) is 5.69 Å². The molecule has 0 atom stereocenters. The zero-order valence-electron chi connectivity index (χ0n) is 14.6. The largest absolute Gasteiger partial charge is 0.320 e. The lowest BCUT2D eigenvalue weighted by Gasteiger charge is -2.06. The number of thiophene rings is 1. The monoisotopic (exact) mass is 399 g/mol.